The second-order valence-electron chi connectivity index (χ2n) is 9.82. The number of carbonyl (C=O) groups is 2. The number of ether oxygens (including phenoxy) is 1. The lowest BCUT2D eigenvalue weighted by atomic mass is 9.91. The van der Waals surface area contributed by atoms with E-state index in [-0.39, 0.29) is 30.9 Å². The van der Waals surface area contributed by atoms with Crippen molar-refractivity contribution < 1.29 is 18.8 Å². The number of hydrogen-bond acceptors (Lipinski definition) is 4. The van der Waals surface area contributed by atoms with Gasteiger partial charge in [0.1, 0.15) is 6.61 Å². The van der Waals surface area contributed by atoms with Gasteiger partial charge in [0.25, 0.3) is 0 Å². The fraction of sp³-hybridized carbons (Fsp3) is 0.731. The molecule has 5 nitrogen and oxygen atoms in total. The number of unbranched alkanes of at least 4 members (excludes halogenated alkanes) is 1. The van der Waals surface area contributed by atoms with Gasteiger partial charge in [-0.1, -0.05) is 54.2 Å². The quantitative estimate of drug-likeness (QED) is 0.0797. The Labute approximate surface area is 197 Å². The van der Waals surface area contributed by atoms with Crippen molar-refractivity contribution in [1.82, 2.24) is 4.90 Å². The highest BCUT2D eigenvalue weighted by Gasteiger charge is 2.49. The number of nitrogens with zero attached hydrogens (tertiary/aromatic N) is 1. The first-order chi connectivity index (χ1) is 15.1. The molecule has 1 rings (SSSR count). The molecule has 0 spiro atoms. The maximum atomic E-state index is 13.0. The molecule has 1 heterocycles. The fourth-order valence-electron chi connectivity index (χ4n) is 5.53. The van der Waals surface area contributed by atoms with E-state index in [1.54, 1.807) is 6.08 Å². The summed E-state index contributed by atoms with van der Waals surface area (Å²) >= 11 is 0. The van der Waals surface area contributed by atoms with Crippen LogP contribution in [0.15, 0.2) is 30.5 Å². The molecule has 32 heavy (non-hydrogen) atoms. The molecule has 3 atom stereocenters. The minimum absolute atomic E-state index is 0.0248. The largest absolute Gasteiger partial charge is 0.445 e. The lowest BCUT2D eigenvalue weighted by Gasteiger charge is -2.50. The van der Waals surface area contributed by atoms with E-state index in [0.29, 0.717) is 16.6 Å². The summed E-state index contributed by atoms with van der Waals surface area (Å²) < 4.78 is 12.6. The third-order valence-corrected chi connectivity index (χ3v) is 13.0. The number of carbonyl (C=O) groups excluding carboxylic acids is 2. The number of amides is 1. The van der Waals surface area contributed by atoms with Gasteiger partial charge < -0.3 is 9.16 Å². The summed E-state index contributed by atoms with van der Waals surface area (Å²) in [5.74, 6) is 0. The van der Waals surface area contributed by atoms with Crippen LogP contribution in [0.2, 0.25) is 16.6 Å². The van der Waals surface area contributed by atoms with Crippen molar-refractivity contribution >= 4 is 20.7 Å². The summed E-state index contributed by atoms with van der Waals surface area (Å²) in [7, 11) is -2.05. The molecule has 0 bridgehead atoms. The van der Waals surface area contributed by atoms with Crippen molar-refractivity contribution in [2.24, 2.45) is 0 Å². The van der Waals surface area contributed by atoms with Gasteiger partial charge in [0.15, 0.2) is 6.29 Å². The molecule has 0 radical (unpaired) electrons. The number of piperidine rings is 1. The molecule has 0 saturated carbocycles. The first kappa shape index (κ1) is 28.4. The van der Waals surface area contributed by atoms with Crippen molar-refractivity contribution in [3.63, 3.8) is 0 Å². The third-order valence-electron chi connectivity index (χ3n) is 6.92. The SMILES string of the molecule is C=CCOC(=O)N1[C@@H](CCCC=C=CC=O)CC[C@@H](O[Si](C(C)C)(C(C)C)C(C)C)[C@@H]1C. The average Bonchev–Trinajstić information content (AvgIpc) is 2.73. The summed E-state index contributed by atoms with van der Waals surface area (Å²) in [4.78, 5) is 25.3. The van der Waals surface area contributed by atoms with Gasteiger partial charge in [-0.3, -0.25) is 9.69 Å². The minimum Gasteiger partial charge on any atom is -0.445 e. The third kappa shape index (κ3) is 7.19. The summed E-state index contributed by atoms with van der Waals surface area (Å²) in [5, 5.41) is 0. The van der Waals surface area contributed by atoms with E-state index in [1.807, 2.05) is 11.0 Å². The van der Waals surface area contributed by atoms with Crippen LogP contribution in [-0.4, -0.2) is 50.4 Å². The van der Waals surface area contributed by atoms with E-state index in [4.69, 9.17) is 9.16 Å². The zero-order valence-electron chi connectivity index (χ0n) is 21.3. The normalized spacial score (nSPS) is 21.4. The van der Waals surface area contributed by atoms with Crippen molar-refractivity contribution in [3.05, 3.63) is 30.5 Å². The molecule has 1 saturated heterocycles. The van der Waals surface area contributed by atoms with Gasteiger partial charge in [-0.05, 0) is 61.7 Å². The van der Waals surface area contributed by atoms with Crippen LogP contribution < -0.4 is 0 Å². The van der Waals surface area contributed by atoms with Crippen LogP contribution in [0.5, 0.6) is 0 Å². The second kappa shape index (κ2) is 13.8. The van der Waals surface area contributed by atoms with E-state index in [0.717, 1.165) is 38.4 Å². The Morgan fingerprint density at radius 3 is 2.31 bits per heavy atom. The van der Waals surface area contributed by atoms with Crippen LogP contribution in [0.4, 0.5) is 4.79 Å². The van der Waals surface area contributed by atoms with Gasteiger partial charge in [0.05, 0.1) is 12.1 Å². The Balaban J connectivity index is 3.06. The number of hydrogen-bond donors (Lipinski definition) is 0. The fourth-order valence-corrected chi connectivity index (χ4v) is 11.2. The van der Waals surface area contributed by atoms with E-state index in [2.05, 4.69) is 60.8 Å². The van der Waals surface area contributed by atoms with Crippen molar-refractivity contribution in [3.8, 4) is 0 Å². The first-order valence-corrected chi connectivity index (χ1v) is 14.4. The molecule has 0 aromatic rings. The monoisotopic (exact) mass is 463 g/mol. The van der Waals surface area contributed by atoms with Crippen LogP contribution in [0.1, 0.15) is 80.6 Å². The number of likely N-dealkylation sites (tertiary alicyclic amines) is 1. The molecule has 0 aromatic heterocycles. The second-order valence-corrected chi connectivity index (χ2v) is 15.2. The summed E-state index contributed by atoms with van der Waals surface area (Å²) in [6, 6.07) is 0.0820. The van der Waals surface area contributed by atoms with Crippen LogP contribution in [0.25, 0.3) is 0 Å². The first-order valence-electron chi connectivity index (χ1n) is 12.2. The minimum atomic E-state index is -2.05. The molecular formula is C26H45NO4Si. The van der Waals surface area contributed by atoms with Gasteiger partial charge in [0.2, 0.25) is 8.32 Å². The highest BCUT2D eigenvalue weighted by Crippen LogP contribution is 2.45. The number of rotatable bonds is 12. The van der Waals surface area contributed by atoms with E-state index >= 15 is 0 Å². The van der Waals surface area contributed by atoms with Gasteiger partial charge in [-0.2, -0.15) is 0 Å². The summed E-state index contributed by atoms with van der Waals surface area (Å²) in [6.07, 6.45) is 9.84. The number of aldehydes is 1. The van der Waals surface area contributed by atoms with Crippen LogP contribution in [0, 0.1) is 0 Å². The molecule has 1 fully saturated rings. The zero-order chi connectivity index (χ0) is 24.3. The molecule has 0 aliphatic carbocycles. The molecule has 0 N–H and O–H groups in total. The Morgan fingerprint density at radius 2 is 1.78 bits per heavy atom. The molecule has 1 aliphatic rings. The Kier molecular flexibility index (Phi) is 12.3. The Bertz CT molecular complexity index is 645. The highest BCUT2D eigenvalue weighted by atomic mass is 28.4. The van der Waals surface area contributed by atoms with Crippen LogP contribution >= 0.6 is 0 Å². The van der Waals surface area contributed by atoms with Gasteiger partial charge in [0, 0.05) is 12.1 Å². The molecule has 1 amide bonds. The van der Waals surface area contributed by atoms with Gasteiger partial charge in [-0.15, -0.1) is 5.73 Å². The van der Waals surface area contributed by atoms with Crippen molar-refractivity contribution in [2.75, 3.05) is 6.61 Å². The summed E-state index contributed by atoms with van der Waals surface area (Å²) in [5.41, 5.74) is 4.36. The maximum Gasteiger partial charge on any atom is 0.410 e. The highest BCUT2D eigenvalue weighted by molar-refractivity contribution is 6.77. The van der Waals surface area contributed by atoms with E-state index in [1.165, 1.54) is 6.08 Å². The standard InChI is InChI=1S/C26H45NO4Si/c1-9-19-30-26(29)27-23(8)25(31-32(20(2)3,21(4)5)22(6)7)17-16-24(27)15-13-11-10-12-14-18-28/h9-10,14,18,20-25H,1,11,13,15-17,19H2,2-8H3/t12?,23-,24-,25+/m0/s1. The predicted octanol–water partition coefficient (Wildman–Crippen LogP) is 6.80. The molecular weight excluding hydrogens is 418 g/mol. The van der Waals surface area contributed by atoms with Crippen LogP contribution in [-0.2, 0) is 14.0 Å². The zero-order valence-corrected chi connectivity index (χ0v) is 22.3. The molecule has 182 valence electrons. The number of allylic oxidation sites excluding steroid dienone is 1. The smallest absolute Gasteiger partial charge is 0.410 e. The average molecular weight is 464 g/mol. The Hall–Kier alpha value is -1.62. The lowest BCUT2D eigenvalue weighted by Crippen LogP contribution is -2.60. The van der Waals surface area contributed by atoms with Gasteiger partial charge >= 0.3 is 6.09 Å². The summed E-state index contributed by atoms with van der Waals surface area (Å²) in [6.45, 7) is 19.8. The van der Waals surface area contributed by atoms with Crippen molar-refractivity contribution in [1.29, 1.82) is 0 Å². The molecule has 6 heteroatoms. The maximum absolute atomic E-state index is 13.0. The topological polar surface area (TPSA) is 55.8 Å². The van der Waals surface area contributed by atoms with Crippen molar-refractivity contribution in [2.45, 2.75) is 115 Å². The van der Waals surface area contributed by atoms with Gasteiger partial charge in [-0.25, -0.2) is 4.79 Å². The van der Waals surface area contributed by atoms with E-state index in [9.17, 15) is 9.59 Å². The van der Waals surface area contributed by atoms with Crippen LogP contribution in [0.3, 0.4) is 0 Å². The molecule has 0 aromatic carbocycles. The predicted molar refractivity (Wildman–Crippen MR) is 134 cm³/mol. The molecule has 1 aliphatic heterocycles. The molecule has 0 unspecified atom stereocenters. The lowest BCUT2D eigenvalue weighted by molar-refractivity contribution is -0.104. The van der Waals surface area contributed by atoms with E-state index < -0.39 is 8.32 Å². The Morgan fingerprint density at radius 1 is 1.16 bits per heavy atom.